The van der Waals surface area contributed by atoms with Gasteiger partial charge in [0, 0.05) is 23.7 Å². The largest absolute Gasteiger partial charge is 0.341 e. The van der Waals surface area contributed by atoms with Crippen molar-refractivity contribution in [3.05, 3.63) is 59.1 Å². The number of hydrogen-bond donors (Lipinski definition) is 0. The molecule has 1 aliphatic heterocycles. The number of imidazole rings is 1. The minimum atomic E-state index is 0.00613. The fourth-order valence-electron chi connectivity index (χ4n) is 3.66. The molecule has 3 aromatic rings. The Morgan fingerprint density at radius 3 is 2.53 bits per heavy atom. The molecule has 5 nitrogen and oxygen atoms in total. The smallest absolute Gasteiger partial charge is 0.242 e. The lowest BCUT2D eigenvalue weighted by Gasteiger charge is -2.30. The van der Waals surface area contributed by atoms with Gasteiger partial charge in [-0.2, -0.15) is 0 Å². The lowest BCUT2D eigenvalue weighted by molar-refractivity contribution is -0.133. The highest BCUT2D eigenvalue weighted by Gasteiger charge is 2.22. The van der Waals surface area contributed by atoms with Crippen LogP contribution in [0, 0.1) is 5.92 Å². The van der Waals surface area contributed by atoms with Crippen LogP contribution < -0.4 is 0 Å². The minimum Gasteiger partial charge on any atom is -0.341 e. The van der Waals surface area contributed by atoms with E-state index in [0.29, 0.717) is 21.7 Å². The van der Waals surface area contributed by atoms with E-state index in [0.717, 1.165) is 37.0 Å². The number of halogens is 1. The molecular formula is C23H24ClN3O2S. The third kappa shape index (κ3) is 4.71. The van der Waals surface area contributed by atoms with Crippen molar-refractivity contribution in [2.75, 3.05) is 18.8 Å². The van der Waals surface area contributed by atoms with Crippen molar-refractivity contribution in [2.24, 2.45) is 5.92 Å². The van der Waals surface area contributed by atoms with Crippen LogP contribution in [0.15, 0.2) is 53.7 Å². The van der Waals surface area contributed by atoms with Gasteiger partial charge < -0.3 is 9.47 Å². The topological polar surface area (TPSA) is 55.2 Å². The summed E-state index contributed by atoms with van der Waals surface area (Å²) in [6, 6.07) is 14.7. The number of rotatable bonds is 6. The van der Waals surface area contributed by atoms with Gasteiger partial charge >= 0.3 is 0 Å². The van der Waals surface area contributed by atoms with Gasteiger partial charge in [-0.15, -0.1) is 0 Å². The summed E-state index contributed by atoms with van der Waals surface area (Å²) in [7, 11) is 0. The second kappa shape index (κ2) is 9.23. The van der Waals surface area contributed by atoms with Crippen LogP contribution in [-0.4, -0.2) is 45.0 Å². The Labute approximate surface area is 185 Å². The van der Waals surface area contributed by atoms with Crippen LogP contribution in [0.2, 0.25) is 5.02 Å². The Bertz CT molecular complexity index is 1060. The molecule has 7 heteroatoms. The zero-order chi connectivity index (χ0) is 21.1. The van der Waals surface area contributed by atoms with E-state index in [4.69, 9.17) is 11.6 Å². The highest BCUT2D eigenvalue weighted by atomic mass is 35.5. The normalized spacial score (nSPS) is 14.9. The van der Waals surface area contributed by atoms with E-state index >= 15 is 0 Å². The maximum absolute atomic E-state index is 12.9. The van der Waals surface area contributed by atoms with Gasteiger partial charge in [0.05, 0.1) is 16.8 Å². The number of carbonyl (C=O) groups excluding carboxylic acids is 2. The third-order valence-electron chi connectivity index (χ3n) is 5.55. The molecule has 30 heavy (non-hydrogen) atoms. The van der Waals surface area contributed by atoms with E-state index in [1.165, 1.54) is 11.8 Å². The van der Waals surface area contributed by atoms with E-state index in [2.05, 4.69) is 11.9 Å². The van der Waals surface area contributed by atoms with E-state index in [1.54, 1.807) is 24.3 Å². The number of benzene rings is 2. The predicted molar refractivity (Wildman–Crippen MR) is 121 cm³/mol. The summed E-state index contributed by atoms with van der Waals surface area (Å²) in [5.41, 5.74) is 2.37. The fourth-order valence-corrected chi connectivity index (χ4v) is 4.69. The Morgan fingerprint density at radius 1 is 1.10 bits per heavy atom. The van der Waals surface area contributed by atoms with Gasteiger partial charge in [0.25, 0.3) is 0 Å². The second-order valence-electron chi connectivity index (χ2n) is 7.75. The molecule has 0 saturated carbocycles. The molecule has 0 spiro atoms. The number of carbonyl (C=O) groups is 2. The molecule has 1 saturated heterocycles. The average molecular weight is 442 g/mol. The maximum Gasteiger partial charge on any atom is 0.242 e. The van der Waals surface area contributed by atoms with Gasteiger partial charge in [0.2, 0.25) is 5.91 Å². The molecule has 2 aromatic carbocycles. The van der Waals surface area contributed by atoms with Crippen molar-refractivity contribution < 1.29 is 9.59 Å². The molecule has 1 aromatic heterocycles. The number of amides is 1. The number of hydrogen-bond acceptors (Lipinski definition) is 4. The lowest BCUT2D eigenvalue weighted by Crippen LogP contribution is -2.39. The first-order chi connectivity index (χ1) is 14.5. The van der Waals surface area contributed by atoms with Crippen LogP contribution in [0.25, 0.3) is 11.0 Å². The molecular weight excluding hydrogens is 418 g/mol. The van der Waals surface area contributed by atoms with E-state index in [9.17, 15) is 9.59 Å². The van der Waals surface area contributed by atoms with E-state index < -0.39 is 0 Å². The molecule has 4 rings (SSSR count). The molecule has 1 amide bonds. The molecule has 0 radical (unpaired) electrons. The number of piperidine rings is 1. The number of likely N-dealkylation sites (tertiary alicyclic amines) is 1. The summed E-state index contributed by atoms with van der Waals surface area (Å²) in [5, 5.41) is 1.30. The quantitative estimate of drug-likeness (QED) is 0.402. The van der Waals surface area contributed by atoms with Crippen molar-refractivity contribution in [3.63, 3.8) is 0 Å². The monoisotopic (exact) mass is 441 g/mol. The van der Waals surface area contributed by atoms with Gasteiger partial charge in [-0.25, -0.2) is 4.98 Å². The molecule has 1 aliphatic rings. The van der Waals surface area contributed by atoms with Gasteiger partial charge in [0.1, 0.15) is 6.54 Å². The van der Waals surface area contributed by atoms with Crippen molar-refractivity contribution in [3.8, 4) is 0 Å². The molecule has 2 heterocycles. The molecule has 0 aliphatic carbocycles. The highest BCUT2D eigenvalue weighted by molar-refractivity contribution is 7.99. The number of Topliss-reactive ketones (excluding diaryl/α,β-unsaturated/α-hetero) is 1. The number of ketones is 1. The van der Waals surface area contributed by atoms with Crippen LogP contribution >= 0.6 is 23.4 Å². The maximum atomic E-state index is 12.9. The number of aromatic nitrogens is 2. The zero-order valence-corrected chi connectivity index (χ0v) is 18.5. The fraction of sp³-hybridized carbons (Fsp3) is 0.348. The number of fused-ring (bicyclic) bond motifs is 1. The van der Waals surface area contributed by atoms with Crippen LogP contribution in [-0.2, 0) is 11.3 Å². The molecule has 0 unspecified atom stereocenters. The summed E-state index contributed by atoms with van der Waals surface area (Å²) in [5.74, 6) is 1.04. The minimum absolute atomic E-state index is 0.00613. The summed E-state index contributed by atoms with van der Waals surface area (Å²) in [6.07, 6.45) is 2.10. The summed E-state index contributed by atoms with van der Waals surface area (Å²) in [6.45, 7) is 4.10. The van der Waals surface area contributed by atoms with Crippen LogP contribution in [0.3, 0.4) is 0 Å². The van der Waals surface area contributed by atoms with Crippen LogP contribution in [0.5, 0.6) is 0 Å². The standard InChI is InChI=1S/C23H24ClN3O2S/c1-16-10-12-26(13-11-16)22(29)14-27-20-5-3-2-4-19(20)25-23(27)30-15-21(28)17-6-8-18(24)9-7-17/h2-9,16H,10-15H2,1H3. The summed E-state index contributed by atoms with van der Waals surface area (Å²) >= 11 is 7.28. The van der Waals surface area contributed by atoms with Gasteiger partial charge in [-0.3, -0.25) is 9.59 Å². The van der Waals surface area contributed by atoms with Crippen molar-refractivity contribution in [1.29, 1.82) is 0 Å². The zero-order valence-electron chi connectivity index (χ0n) is 16.9. The van der Waals surface area contributed by atoms with Crippen LogP contribution in [0.4, 0.5) is 0 Å². The predicted octanol–water partition coefficient (Wildman–Crippen LogP) is 4.92. The number of thioether (sulfide) groups is 1. The lowest BCUT2D eigenvalue weighted by atomic mass is 9.99. The Morgan fingerprint density at radius 2 is 1.80 bits per heavy atom. The first-order valence-corrected chi connectivity index (χ1v) is 11.5. The third-order valence-corrected chi connectivity index (χ3v) is 6.78. The Balaban J connectivity index is 1.52. The summed E-state index contributed by atoms with van der Waals surface area (Å²) in [4.78, 5) is 32.2. The van der Waals surface area contributed by atoms with Gasteiger partial charge in [0.15, 0.2) is 10.9 Å². The molecule has 0 atom stereocenters. The molecule has 156 valence electrons. The van der Waals surface area contributed by atoms with Crippen molar-refractivity contribution in [1.82, 2.24) is 14.5 Å². The highest BCUT2D eigenvalue weighted by Crippen LogP contribution is 2.26. The second-order valence-corrected chi connectivity index (χ2v) is 9.13. The number of nitrogens with zero attached hydrogens (tertiary/aromatic N) is 3. The van der Waals surface area contributed by atoms with E-state index in [-0.39, 0.29) is 24.0 Å². The Hall–Kier alpha value is -2.31. The molecule has 1 fully saturated rings. The van der Waals surface area contributed by atoms with Crippen molar-refractivity contribution in [2.45, 2.75) is 31.5 Å². The molecule has 0 bridgehead atoms. The van der Waals surface area contributed by atoms with Gasteiger partial charge in [-0.1, -0.05) is 42.4 Å². The first-order valence-electron chi connectivity index (χ1n) is 10.2. The average Bonchev–Trinajstić information content (AvgIpc) is 3.10. The first kappa shape index (κ1) is 20.9. The summed E-state index contributed by atoms with van der Waals surface area (Å²) < 4.78 is 1.94. The van der Waals surface area contributed by atoms with Crippen molar-refractivity contribution >= 4 is 46.1 Å². The SMILES string of the molecule is CC1CCN(C(=O)Cn2c(SCC(=O)c3ccc(Cl)cc3)nc3ccccc32)CC1. The van der Waals surface area contributed by atoms with E-state index in [1.807, 2.05) is 33.7 Å². The van der Waals surface area contributed by atoms with Gasteiger partial charge in [-0.05, 0) is 55.2 Å². The number of para-hydroxylation sites is 2. The van der Waals surface area contributed by atoms with Crippen LogP contribution in [0.1, 0.15) is 30.1 Å². The Kier molecular flexibility index (Phi) is 6.44. The molecule has 0 N–H and O–H groups in total.